The van der Waals surface area contributed by atoms with Gasteiger partial charge in [0.25, 0.3) is 0 Å². The number of hydrogen-bond acceptors (Lipinski definition) is 7. The van der Waals surface area contributed by atoms with Crippen LogP contribution in [0.1, 0.15) is 86.5 Å². The van der Waals surface area contributed by atoms with Gasteiger partial charge >= 0.3 is 0 Å². The molecular formula is C32H42O7. The molecule has 2 aromatic rings. The van der Waals surface area contributed by atoms with Crippen molar-refractivity contribution >= 4 is 0 Å². The van der Waals surface area contributed by atoms with E-state index in [2.05, 4.69) is 0 Å². The molecule has 7 heteroatoms. The summed E-state index contributed by atoms with van der Waals surface area (Å²) in [7, 11) is 0. The first-order chi connectivity index (χ1) is 24.8. The van der Waals surface area contributed by atoms with Gasteiger partial charge in [-0.3, -0.25) is 0 Å². The Bertz CT molecular complexity index is 1730. The SMILES string of the molecule is Oc1cc(O)cc(O)c1.[2H]C([2H])=C([C@@H]1CCC(C([2H])([2H])[2H])=C[C@H]1c1c(O)cc(O)cc1O)C([2H])([2H])[2H].[2H]C([2H])=C([C@H]1C=C[C@](O)(C([2H])([2H])[2H])CC1)C([2H])([2H])[2H]. The van der Waals surface area contributed by atoms with Gasteiger partial charge in [-0.25, -0.2) is 0 Å². The molecule has 0 amide bonds. The van der Waals surface area contributed by atoms with E-state index in [1.54, 1.807) is 0 Å². The standard InChI is InChI=1S/C16H20O3.C10H16O.C6H6O3/c1-9(2)12-5-4-10(3)6-13(12)16-14(18)7-11(17)8-15(16)19;1-8(2)9-4-6-10(3,11)7-5-9;7-4-1-5(8)3-6(9)2-4/h6-8,12-13,17-19H,1,4-5H2,2-3H3;4,6,9,11H,1,5,7H2,2-3H3;1-3,7-9H/t12-,13+;9-,10+;/m00./s1/i2*1D2,2D3,3D3;. The molecule has 4 rings (SSSR count). The molecule has 0 bridgehead atoms. The van der Waals surface area contributed by atoms with Crippen LogP contribution in [0.2, 0.25) is 0 Å². The third kappa shape index (κ3) is 9.45. The van der Waals surface area contributed by atoms with E-state index in [1.165, 1.54) is 12.2 Å². The van der Waals surface area contributed by atoms with Crippen LogP contribution in [0.4, 0.5) is 0 Å². The van der Waals surface area contributed by atoms with E-state index in [4.69, 9.17) is 37.3 Å². The van der Waals surface area contributed by atoms with Crippen LogP contribution >= 0.6 is 0 Å². The lowest BCUT2D eigenvalue weighted by Crippen LogP contribution is -2.25. The molecule has 0 saturated carbocycles. The molecule has 0 heterocycles. The zero-order valence-corrected chi connectivity index (χ0v) is 20.8. The van der Waals surface area contributed by atoms with E-state index in [-0.39, 0.29) is 59.6 Å². The highest BCUT2D eigenvalue weighted by Crippen LogP contribution is 2.47. The van der Waals surface area contributed by atoms with Crippen molar-refractivity contribution in [3.63, 3.8) is 0 Å². The van der Waals surface area contributed by atoms with Crippen molar-refractivity contribution in [2.75, 3.05) is 0 Å². The molecule has 39 heavy (non-hydrogen) atoms. The largest absolute Gasteiger partial charge is 0.508 e. The van der Waals surface area contributed by atoms with Gasteiger partial charge in [0.2, 0.25) is 0 Å². The molecule has 2 aliphatic rings. The van der Waals surface area contributed by atoms with Crippen molar-refractivity contribution in [3.05, 3.63) is 83.9 Å². The Labute approximate surface area is 253 Å². The number of aromatic hydroxyl groups is 6. The van der Waals surface area contributed by atoms with E-state index in [1.807, 2.05) is 0 Å². The predicted octanol–water partition coefficient (Wildman–Crippen LogP) is 6.90. The van der Waals surface area contributed by atoms with Crippen LogP contribution < -0.4 is 0 Å². The molecule has 0 radical (unpaired) electrons. The second-order valence-corrected chi connectivity index (χ2v) is 9.22. The van der Waals surface area contributed by atoms with Gasteiger partial charge in [0.1, 0.15) is 34.5 Å². The quantitative estimate of drug-likeness (QED) is 0.205. The van der Waals surface area contributed by atoms with Crippen molar-refractivity contribution in [1.82, 2.24) is 0 Å². The molecule has 4 atom stereocenters. The topological polar surface area (TPSA) is 142 Å². The molecule has 212 valence electrons. The Morgan fingerprint density at radius 2 is 1.46 bits per heavy atom. The van der Waals surface area contributed by atoms with Crippen molar-refractivity contribution in [2.24, 2.45) is 11.8 Å². The van der Waals surface area contributed by atoms with Gasteiger partial charge in [-0.15, -0.1) is 0 Å². The number of phenolic OH excluding ortho intramolecular Hbond substituents is 6. The smallest absolute Gasteiger partial charge is 0.126 e. The summed E-state index contributed by atoms with van der Waals surface area (Å²) in [6.07, 6.45) is 3.62. The third-order valence-corrected chi connectivity index (χ3v) is 6.06. The Kier molecular flexibility index (Phi) is 5.14. The summed E-state index contributed by atoms with van der Waals surface area (Å²) in [5.41, 5.74) is -2.87. The van der Waals surface area contributed by atoms with Crippen LogP contribution in [0.5, 0.6) is 34.5 Å². The molecule has 0 spiro atoms. The molecule has 2 aliphatic carbocycles. The first-order valence-electron chi connectivity index (χ1n) is 19.8. The average molecular weight is 555 g/mol. The van der Waals surface area contributed by atoms with E-state index >= 15 is 0 Å². The van der Waals surface area contributed by atoms with Crippen molar-refractivity contribution in [3.8, 4) is 34.5 Å². The molecule has 0 unspecified atom stereocenters. The van der Waals surface area contributed by atoms with E-state index in [9.17, 15) is 20.4 Å². The maximum Gasteiger partial charge on any atom is 0.126 e. The lowest BCUT2D eigenvalue weighted by molar-refractivity contribution is 0.0903. The van der Waals surface area contributed by atoms with Gasteiger partial charge in [0, 0.05) is 58.3 Å². The molecule has 2 aromatic carbocycles. The highest BCUT2D eigenvalue weighted by atomic mass is 16.3. The molecule has 0 fully saturated rings. The average Bonchev–Trinajstić information content (AvgIpc) is 2.95. The number of allylic oxidation sites excluding steroid dienone is 5. The van der Waals surface area contributed by atoms with Crippen LogP contribution in [0.15, 0.2) is 78.3 Å². The Balaban J connectivity index is 0.000000322. The zero-order valence-electron chi connectivity index (χ0n) is 36.8. The maximum atomic E-state index is 10.2. The minimum atomic E-state index is -2.77. The van der Waals surface area contributed by atoms with Crippen molar-refractivity contribution in [1.29, 1.82) is 0 Å². The second kappa shape index (κ2) is 13.3. The van der Waals surface area contributed by atoms with Crippen LogP contribution in [-0.2, 0) is 0 Å². The van der Waals surface area contributed by atoms with Gasteiger partial charge in [0.05, 0.1) is 11.1 Å². The number of aliphatic hydroxyl groups is 1. The fourth-order valence-electron chi connectivity index (χ4n) is 4.12. The van der Waals surface area contributed by atoms with Gasteiger partial charge in [-0.2, -0.15) is 0 Å². The molecule has 0 aromatic heterocycles. The number of rotatable bonds is 3. The monoisotopic (exact) mass is 554 g/mol. The third-order valence-electron chi connectivity index (χ3n) is 6.06. The summed E-state index contributed by atoms with van der Waals surface area (Å²) in [5, 5.41) is 65.9. The summed E-state index contributed by atoms with van der Waals surface area (Å²) < 4.78 is 119. The predicted molar refractivity (Wildman–Crippen MR) is 154 cm³/mol. The van der Waals surface area contributed by atoms with Gasteiger partial charge in [-0.05, 0) is 64.9 Å². The molecule has 7 nitrogen and oxygen atoms in total. The number of hydrogen-bond donors (Lipinski definition) is 7. The summed E-state index contributed by atoms with van der Waals surface area (Å²) in [6, 6.07) is 5.31. The van der Waals surface area contributed by atoms with Crippen molar-refractivity contribution in [2.45, 2.75) is 64.6 Å². The van der Waals surface area contributed by atoms with Crippen LogP contribution in [0.3, 0.4) is 0 Å². The maximum absolute atomic E-state index is 10.2. The second-order valence-electron chi connectivity index (χ2n) is 9.22. The fourth-order valence-corrected chi connectivity index (χ4v) is 4.12. The summed E-state index contributed by atoms with van der Waals surface area (Å²) >= 11 is 0. The normalized spacial score (nSPS) is 30.9. The van der Waals surface area contributed by atoms with E-state index in [0.29, 0.717) is 0 Å². The highest BCUT2D eigenvalue weighted by molar-refractivity contribution is 5.53. The van der Waals surface area contributed by atoms with Gasteiger partial charge in [0.15, 0.2) is 0 Å². The lowest BCUT2D eigenvalue weighted by atomic mass is 9.74. The summed E-state index contributed by atoms with van der Waals surface area (Å²) in [6.45, 7) is -12.1. The molecule has 0 saturated heterocycles. The number of benzene rings is 2. The first-order valence-corrected chi connectivity index (χ1v) is 11.8. The van der Waals surface area contributed by atoms with E-state index < -0.39 is 86.6 Å². The first kappa shape index (κ1) is 15.1. The van der Waals surface area contributed by atoms with Crippen LogP contribution in [-0.4, -0.2) is 41.3 Å². The minimum Gasteiger partial charge on any atom is -0.508 e. The fraction of sp³-hybridized carbons (Fsp3) is 0.375. The lowest BCUT2D eigenvalue weighted by Gasteiger charge is -2.31. The summed E-state index contributed by atoms with van der Waals surface area (Å²) in [4.78, 5) is 0. The Morgan fingerprint density at radius 3 is 1.92 bits per heavy atom. The van der Waals surface area contributed by atoms with Gasteiger partial charge in [-0.1, -0.05) is 48.0 Å². The minimum absolute atomic E-state index is 0.0175. The Hall–Kier alpha value is -3.84. The Morgan fingerprint density at radius 1 is 0.872 bits per heavy atom. The summed E-state index contributed by atoms with van der Waals surface area (Å²) in [5.74, 6) is -4.72. The molecular weight excluding hydrogens is 496 g/mol. The van der Waals surface area contributed by atoms with Crippen LogP contribution in [0.25, 0.3) is 0 Å². The highest BCUT2D eigenvalue weighted by Gasteiger charge is 2.30. The van der Waals surface area contributed by atoms with E-state index in [0.717, 1.165) is 36.4 Å². The van der Waals surface area contributed by atoms with Crippen molar-refractivity contribution < 1.29 is 57.7 Å². The zero-order chi connectivity index (χ0) is 42.6. The molecule has 7 N–H and O–H groups in total. The number of phenols is 6. The molecule has 0 aliphatic heterocycles. The van der Waals surface area contributed by atoms with Gasteiger partial charge < -0.3 is 35.7 Å². The van der Waals surface area contributed by atoms with Crippen LogP contribution in [0, 0.1) is 11.8 Å².